The largest absolute Gasteiger partial charge is 0.306 e. The molecular weight excluding hydrogens is 244 g/mol. The lowest BCUT2D eigenvalue weighted by Gasteiger charge is -2.19. The molecule has 2 rings (SSSR count). The second-order valence-corrected chi connectivity index (χ2v) is 4.47. The van der Waals surface area contributed by atoms with Crippen LogP contribution in [0.3, 0.4) is 0 Å². The lowest BCUT2D eigenvalue weighted by atomic mass is 9.98. The highest BCUT2D eigenvalue weighted by Gasteiger charge is 2.14. The van der Waals surface area contributed by atoms with Crippen LogP contribution in [0.4, 0.5) is 8.78 Å². The van der Waals surface area contributed by atoms with Gasteiger partial charge in [0.1, 0.15) is 0 Å². The van der Waals surface area contributed by atoms with Crippen molar-refractivity contribution in [3.63, 3.8) is 0 Å². The molecule has 0 aliphatic carbocycles. The average molecular weight is 261 g/mol. The van der Waals surface area contributed by atoms with Crippen LogP contribution in [0.1, 0.15) is 30.5 Å². The molecule has 100 valence electrons. The van der Waals surface area contributed by atoms with Crippen molar-refractivity contribution in [2.45, 2.75) is 19.4 Å². The summed E-state index contributed by atoms with van der Waals surface area (Å²) < 4.78 is 26.4. The Hall–Kier alpha value is -1.74. The van der Waals surface area contributed by atoms with Gasteiger partial charge in [-0.25, -0.2) is 8.78 Å². The summed E-state index contributed by atoms with van der Waals surface area (Å²) in [6.45, 7) is 2.89. The van der Waals surface area contributed by atoms with E-state index in [1.54, 1.807) is 6.07 Å². The van der Waals surface area contributed by atoms with Crippen molar-refractivity contribution in [3.8, 4) is 0 Å². The first-order valence-corrected chi connectivity index (χ1v) is 6.45. The van der Waals surface area contributed by atoms with Crippen LogP contribution in [0.25, 0.3) is 0 Å². The van der Waals surface area contributed by atoms with E-state index < -0.39 is 11.6 Å². The highest BCUT2D eigenvalue weighted by Crippen LogP contribution is 2.23. The van der Waals surface area contributed by atoms with E-state index in [2.05, 4.69) is 12.2 Å². The zero-order chi connectivity index (χ0) is 13.7. The maximum atomic E-state index is 13.4. The molecule has 0 bridgehead atoms. The fraction of sp³-hybridized carbons (Fsp3) is 0.250. The minimum atomic E-state index is -0.814. The molecular formula is C16H17F2N. The molecule has 0 fully saturated rings. The second-order valence-electron chi connectivity index (χ2n) is 4.47. The molecule has 0 aromatic heterocycles. The van der Waals surface area contributed by atoms with Crippen molar-refractivity contribution >= 4 is 0 Å². The summed E-state index contributed by atoms with van der Waals surface area (Å²) in [5, 5.41) is 3.36. The molecule has 1 unspecified atom stereocenters. The molecule has 1 nitrogen and oxygen atoms in total. The summed E-state index contributed by atoms with van der Waals surface area (Å²) in [4.78, 5) is 0. The van der Waals surface area contributed by atoms with E-state index >= 15 is 0 Å². The molecule has 3 heteroatoms. The predicted molar refractivity (Wildman–Crippen MR) is 72.9 cm³/mol. The van der Waals surface area contributed by atoms with E-state index in [0.717, 1.165) is 24.1 Å². The monoisotopic (exact) mass is 261 g/mol. The summed E-state index contributed by atoms with van der Waals surface area (Å²) in [5.41, 5.74) is 1.78. The summed E-state index contributed by atoms with van der Waals surface area (Å²) in [6.07, 6.45) is 0.979. The Kier molecular flexibility index (Phi) is 4.63. The van der Waals surface area contributed by atoms with Crippen LogP contribution in [0.5, 0.6) is 0 Å². The van der Waals surface area contributed by atoms with Crippen LogP contribution in [-0.2, 0) is 0 Å². The molecule has 2 aromatic carbocycles. The van der Waals surface area contributed by atoms with Crippen molar-refractivity contribution in [2.75, 3.05) is 6.54 Å². The number of hydrogen-bond donors (Lipinski definition) is 1. The number of hydrogen-bond acceptors (Lipinski definition) is 1. The van der Waals surface area contributed by atoms with E-state index in [9.17, 15) is 8.78 Å². The minimum absolute atomic E-state index is 0.115. The summed E-state index contributed by atoms with van der Waals surface area (Å²) in [7, 11) is 0. The van der Waals surface area contributed by atoms with Gasteiger partial charge in [-0.1, -0.05) is 43.3 Å². The topological polar surface area (TPSA) is 12.0 Å². The number of halogens is 2. The second kappa shape index (κ2) is 6.43. The zero-order valence-electron chi connectivity index (χ0n) is 10.9. The maximum Gasteiger partial charge on any atom is 0.159 e. The van der Waals surface area contributed by atoms with E-state index in [1.807, 2.05) is 30.3 Å². The smallest absolute Gasteiger partial charge is 0.159 e. The third-order valence-corrected chi connectivity index (χ3v) is 3.01. The highest BCUT2D eigenvalue weighted by atomic mass is 19.2. The predicted octanol–water partition coefficient (Wildman–Crippen LogP) is 4.05. The van der Waals surface area contributed by atoms with Crippen LogP contribution in [0.2, 0.25) is 0 Å². The van der Waals surface area contributed by atoms with Gasteiger partial charge in [0.05, 0.1) is 6.04 Å². The van der Waals surface area contributed by atoms with Crippen LogP contribution in [0.15, 0.2) is 48.5 Å². The van der Waals surface area contributed by atoms with Crippen LogP contribution >= 0.6 is 0 Å². The highest BCUT2D eigenvalue weighted by molar-refractivity contribution is 5.32. The van der Waals surface area contributed by atoms with E-state index in [-0.39, 0.29) is 6.04 Å². The van der Waals surface area contributed by atoms with Crippen LogP contribution < -0.4 is 5.32 Å². The maximum absolute atomic E-state index is 13.4. The van der Waals surface area contributed by atoms with Crippen molar-refractivity contribution in [1.29, 1.82) is 0 Å². The molecule has 1 atom stereocenters. The number of rotatable bonds is 5. The van der Waals surface area contributed by atoms with Gasteiger partial charge in [-0.15, -0.1) is 0 Å². The lowest BCUT2D eigenvalue weighted by Crippen LogP contribution is -2.23. The molecule has 0 aliphatic rings. The minimum Gasteiger partial charge on any atom is -0.306 e. The van der Waals surface area contributed by atoms with Crippen LogP contribution in [-0.4, -0.2) is 6.54 Å². The first kappa shape index (κ1) is 13.7. The van der Waals surface area contributed by atoms with Crippen LogP contribution in [0, 0.1) is 11.6 Å². The quantitative estimate of drug-likeness (QED) is 0.856. The Morgan fingerprint density at radius 3 is 2.32 bits per heavy atom. The molecule has 0 spiro atoms. The first-order valence-electron chi connectivity index (χ1n) is 6.45. The van der Waals surface area contributed by atoms with Gasteiger partial charge in [0.2, 0.25) is 0 Å². The molecule has 0 amide bonds. The standard InChI is InChI=1S/C16H17F2N/c1-2-10-19-16(12-6-4-3-5-7-12)13-8-9-14(17)15(18)11-13/h3-9,11,16,19H,2,10H2,1H3. The summed E-state index contributed by atoms with van der Waals surface area (Å²) in [6, 6.07) is 13.7. The van der Waals surface area contributed by atoms with Gasteiger partial charge in [-0.05, 0) is 36.2 Å². The van der Waals surface area contributed by atoms with E-state index in [1.165, 1.54) is 12.1 Å². The van der Waals surface area contributed by atoms with Gasteiger partial charge in [0, 0.05) is 0 Å². The Balaban J connectivity index is 2.34. The summed E-state index contributed by atoms with van der Waals surface area (Å²) >= 11 is 0. The number of benzene rings is 2. The molecule has 0 saturated carbocycles. The fourth-order valence-electron chi connectivity index (χ4n) is 2.05. The average Bonchev–Trinajstić information content (AvgIpc) is 2.44. The summed E-state index contributed by atoms with van der Waals surface area (Å²) in [5.74, 6) is -1.62. The SMILES string of the molecule is CCCNC(c1ccccc1)c1ccc(F)c(F)c1. The Labute approximate surface area is 112 Å². The van der Waals surface area contributed by atoms with Crippen molar-refractivity contribution < 1.29 is 8.78 Å². The Morgan fingerprint density at radius 1 is 0.947 bits per heavy atom. The normalized spacial score (nSPS) is 12.4. The van der Waals surface area contributed by atoms with E-state index in [4.69, 9.17) is 0 Å². The molecule has 0 aliphatic heterocycles. The zero-order valence-corrected chi connectivity index (χ0v) is 10.9. The van der Waals surface area contributed by atoms with Crippen molar-refractivity contribution in [2.24, 2.45) is 0 Å². The molecule has 1 N–H and O–H groups in total. The van der Waals surface area contributed by atoms with Gasteiger partial charge < -0.3 is 5.32 Å². The van der Waals surface area contributed by atoms with Gasteiger partial charge in [0.15, 0.2) is 11.6 Å². The third-order valence-electron chi connectivity index (χ3n) is 3.01. The molecule has 2 aromatic rings. The lowest BCUT2D eigenvalue weighted by molar-refractivity contribution is 0.503. The first-order chi connectivity index (χ1) is 9.22. The van der Waals surface area contributed by atoms with E-state index in [0.29, 0.717) is 0 Å². The fourth-order valence-corrected chi connectivity index (χ4v) is 2.05. The van der Waals surface area contributed by atoms with Gasteiger partial charge in [0.25, 0.3) is 0 Å². The molecule has 0 saturated heterocycles. The third kappa shape index (κ3) is 3.38. The van der Waals surface area contributed by atoms with Gasteiger partial charge in [-0.3, -0.25) is 0 Å². The Bertz CT molecular complexity index is 526. The van der Waals surface area contributed by atoms with Crippen molar-refractivity contribution in [3.05, 3.63) is 71.3 Å². The molecule has 19 heavy (non-hydrogen) atoms. The van der Waals surface area contributed by atoms with Crippen molar-refractivity contribution in [1.82, 2.24) is 5.32 Å². The van der Waals surface area contributed by atoms with Gasteiger partial charge in [-0.2, -0.15) is 0 Å². The molecule has 0 radical (unpaired) electrons. The Morgan fingerprint density at radius 2 is 1.68 bits per heavy atom. The number of nitrogens with one attached hydrogen (secondary N) is 1. The molecule has 0 heterocycles. The van der Waals surface area contributed by atoms with Gasteiger partial charge >= 0.3 is 0 Å².